The van der Waals surface area contributed by atoms with E-state index in [9.17, 15) is 0 Å². The number of para-hydroxylation sites is 2. The zero-order valence-corrected chi connectivity index (χ0v) is 36.9. The van der Waals surface area contributed by atoms with Crippen molar-refractivity contribution in [3.05, 3.63) is 243 Å². The molecule has 0 fully saturated rings. The summed E-state index contributed by atoms with van der Waals surface area (Å²) in [7, 11) is 0. The highest BCUT2D eigenvalue weighted by Gasteiger charge is 2.19. The van der Waals surface area contributed by atoms with Gasteiger partial charge in [-0.3, -0.25) is 4.57 Å². The molecule has 0 spiro atoms. The third-order valence-electron chi connectivity index (χ3n) is 13.9. The lowest BCUT2D eigenvalue weighted by Crippen LogP contribution is -2.02. The summed E-state index contributed by atoms with van der Waals surface area (Å²) in [5.74, 6) is 1.53. The van der Waals surface area contributed by atoms with E-state index >= 15 is 0 Å². The molecule has 0 saturated heterocycles. The summed E-state index contributed by atoms with van der Waals surface area (Å²) in [6, 6.07) is 87.6. The molecule has 14 rings (SSSR count). The van der Waals surface area contributed by atoms with E-state index in [0.717, 1.165) is 44.9 Å². The Morgan fingerprint density at radius 1 is 0.235 bits per heavy atom. The molecule has 68 heavy (non-hydrogen) atoms. The monoisotopic (exact) mass is 864 g/mol. The summed E-state index contributed by atoms with van der Waals surface area (Å²) in [6.07, 6.45) is 0. The Balaban J connectivity index is 0.891. The lowest BCUT2D eigenvalue weighted by atomic mass is 9.92. The Kier molecular flexibility index (Phi) is 8.55. The highest BCUT2D eigenvalue weighted by atomic mass is 15.1. The first-order valence-electron chi connectivity index (χ1n) is 23.2. The second-order valence-electron chi connectivity index (χ2n) is 17.7. The molecule has 316 valence electrons. The van der Waals surface area contributed by atoms with E-state index in [1.165, 1.54) is 81.6 Å². The molecule has 3 aromatic heterocycles. The maximum Gasteiger partial charge on any atom is 0.162 e. The van der Waals surface area contributed by atoms with Gasteiger partial charge in [-0.25, -0.2) is 9.97 Å². The number of benzene rings is 11. The predicted octanol–water partition coefficient (Wildman–Crippen LogP) is 16.8. The van der Waals surface area contributed by atoms with Crippen LogP contribution in [0.25, 0.3) is 132 Å². The minimum atomic E-state index is 0.694. The van der Waals surface area contributed by atoms with Crippen LogP contribution in [0, 0.1) is 0 Å². The van der Waals surface area contributed by atoms with Gasteiger partial charge >= 0.3 is 0 Å². The van der Waals surface area contributed by atoms with Gasteiger partial charge in [0.15, 0.2) is 5.82 Å². The van der Waals surface area contributed by atoms with Crippen molar-refractivity contribution in [2.75, 3.05) is 0 Å². The first kappa shape index (κ1) is 38.2. The Bertz CT molecular complexity index is 4220. The fraction of sp³-hybridized carbons (Fsp3) is 0. The van der Waals surface area contributed by atoms with Gasteiger partial charge in [0.2, 0.25) is 0 Å². The summed E-state index contributed by atoms with van der Waals surface area (Å²) >= 11 is 0. The molecule has 0 radical (unpaired) electrons. The van der Waals surface area contributed by atoms with E-state index in [2.05, 4.69) is 228 Å². The number of fused-ring (bicyclic) bond motifs is 12. The van der Waals surface area contributed by atoms with Crippen LogP contribution in [0.3, 0.4) is 0 Å². The molecule has 4 heteroatoms. The molecule has 3 heterocycles. The van der Waals surface area contributed by atoms with Crippen LogP contribution in [0.4, 0.5) is 0 Å². The van der Waals surface area contributed by atoms with Crippen LogP contribution in [0.5, 0.6) is 0 Å². The van der Waals surface area contributed by atoms with Crippen molar-refractivity contribution in [2.24, 2.45) is 0 Å². The van der Waals surface area contributed by atoms with Crippen LogP contribution in [0.15, 0.2) is 243 Å². The van der Waals surface area contributed by atoms with Crippen LogP contribution in [-0.4, -0.2) is 19.1 Å². The average molecular weight is 865 g/mol. The number of nitrogens with zero attached hydrogens (tertiary/aromatic N) is 4. The van der Waals surface area contributed by atoms with Crippen LogP contribution in [-0.2, 0) is 0 Å². The van der Waals surface area contributed by atoms with Gasteiger partial charge in [0.05, 0.1) is 27.8 Å². The van der Waals surface area contributed by atoms with E-state index in [1.807, 2.05) is 24.3 Å². The summed E-state index contributed by atoms with van der Waals surface area (Å²) in [5.41, 5.74) is 13.3. The van der Waals surface area contributed by atoms with Crippen molar-refractivity contribution in [3.8, 4) is 56.4 Å². The van der Waals surface area contributed by atoms with Gasteiger partial charge in [-0.1, -0.05) is 182 Å². The summed E-state index contributed by atoms with van der Waals surface area (Å²) < 4.78 is 4.72. The molecule has 0 unspecified atom stereocenters. The highest BCUT2D eigenvalue weighted by molar-refractivity contribution is 6.26. The average Bonchev–Trinajstić information content (AvgIpc) is 3.93. The number of rotatable bonds is 6. The summed E-state index contributed by atoms with van der Waals surface area (Å²) in [5, 5.41) is 12.5. The van der Waals surface area contributed by atoms with Gasteiger partial charge in [0.1, 0.15) is 5.82 Å². The molecule has 14 aromatic rings. The minimum absolute atomic E-state index is 0.694. The molecule has 0 saturated carbocycles. The smallest absolute Gasteiger partial charge is 0.162 e. The van der Waals surface area contributed by atoms with Crippen molar-refractivity contribution in [2.45, 2.75) is 0 Å². The predicted molar refractivity (Wildman–Crippen MR) is 285 cm³/mol. The standard InChI is InChI=1S/C64H40N4/c1-3-16-41(17-4-1)58-40-63(66-64(65-58)42-18-5-2-6-19-42)68-60-29-14-12-27-54(60)57-39-46(32-35-62(57)68)45-31-34-61-56(38-45)53-26-11-13-28-59(53)67(61)47-21-15-20-43(36-47)44-30-33-52-50-24-8-7-22-48(50)49-23-9-10-25-51(49)55(52)37-44/h1-40H. The molecular formula is C64H40N4. The largest absolute Gasteiger partial charge is 0.309 e. The molecule has 0 aliphatic carbocycles. The molecular weight excluding hydrogens is 825 g/mol. The lowest BCUT2D eigenvalue weighted by Gasteiger charge is -2.13. The van der Waals surface area contributed by atoms with E-state index in [4.69, 9.17) is 9.97 Å². The van der Waals surface area contributed by atoms with Crippen molar-refractivity contribution in [1.82, 2.24) is 19.1 Å². The van der Waals surface area contributed by atoms with Crippen LogP contribution in [0.1, 0.15) is 0 Å². The van der Waals surface area contributed by atoms with Crippen molar-refractivity contribution in [1.29, 1.82) is 0 Å². The number of aromatic nitrogens is 4. The molecule has 11 aromatic carbocycles. The molecule has 0 bridgehead atoms. The first-order chi connectivity index (χ1) is 33.7. The van der Waals surface area contributed by atoms with Crippen molar-refractivity contribution in [3.63, 3.8) is 0 Å². The Morgan fingerprint density at radius 2 is 0.662 bits per heavy atom. The first-order valence-corrected chi connectivity index (χ1v) is 23.2. The van der Waals surface area contributed by atoms with Crippen LogP contribution in [0.2, 0.25) is 0 Å². The molecule has 4 nitrogen and oxygen atoms in total. The Labute approximate surface area is 392 Å². The van der Waals surface area contributed by atoms with Crippen molar-refractivity contribution < 1.29 is 0 Å². The lowest BCUT2D eigenvalue weighted by molar-refractivity contribution is 1.05. The van der Waals surface area contributed by atoms with Crippen LogP contribution >= 0.6 is 0 Å². The quantitative estimate of drug-likeness (QED) is 0.156. The van der Waals surface area contributed by atoms with E-state index in [0.29, 0.717) is 5.82 Å². The summed E-state index contributed by atoms with van der Waals surface area (Å²) in [6.45, 7) is 0. The fourth-order valence-corrected chi connectivity index (χ4v) is 10.8. The normalized spacial score (nSPS) is 11.8. The van der Waals surface area contributed by atoms with E-state index < -0.39 is 0 Å². The van der Waals surface area contributed by atoms with Gasteiger partial charge in [0, 0.05) is 44.4 Å². The van der Waals surface area contributed by atoms with Crippen molar-refractivity contribution >= 4 is 75.9 Å². The van der Waals surface area contributed by atoms with Gasteiger partial charge in [-0.2, -0.15) is 0 Å². The zero-order chi connectivity index (χ0) is 44.7. The number of hydrogen-bond donors (Lipinski definition) is 0. The molecule has 0 aliphatic heterocycles. The molecule has 0 aliphatic rings. The molecule has 0 atom stereocenters. The fourth-order valence-electron chi connectivity index (χ4n) is 10.8. The Morgan fingerprint density at radius 3 is 1.28 bits per heavy atom. The van der Waals surface area contributed by atoms with Gasteiger partial charge < -0.3 is 4.57 Å². The topological polar surface area (TPSA) is 35.6 Å². The van der Waals surface area contributed by atoms with Gasteiger partial charge in [0.25, 0.3) is 0 Å². The third kappa shape index (κ3) is 6.01. The Hall–Kier alpha value is -9.12. The number of hydrogen-bond acceptors (Lipinski definition) is 2. The van der Waals surface area contributed by atoms with Gasteiger partial charge in [-0.15, -0.1) is 0 Å². The minimum Gasteiger partial charge on any atom is -0.309 e. The molecule has 0 N–H and O–H groups in total. The van der Waals surface area contributed by atoms with Gasteiger partial charge in [-0.05, 0) is 109 Å². The maximum atomic E-state index is 5.25. The zero-order valence-electron chi connectivity index (χ0n) is 36.9. The second kappa shape index (κ2) is 15.2. The third-order valence-corrected chi connectivity index (χ3v) is 13.9. The SMILES string of the molecule is c1ccc(-c2cc(-n3c4ccccc4c4cc(-c5ccc6c(c5)c5ccccc5n6-c5cccc(-c6ccc7c8ccccc8c8ccccc8c7c6)c5)ccc43)nc(-c3ccccc3)n2)cc1. The van der Waals surface area contributed by atoms with E-state index in [1.54, 1.807) is 0 Å². The second-order valence-corrected chi connectivity index (χ2v) is 17.7. The summed E-state index contributed by atoms with van der Waals surface area (Å²) in [4.78, 5) is 10.3. The molecule has 0 amide bonds. The van der Waals surface area contributed by atoms with E-state index in [-0.39, 0.29) is 0 Å². The highest BCUT2D eigenvalue weighted by Crippen LogP contribution is 2.41. The van der Waals surface area contributed by atoms with Crippen LogP contribution < -0.4 is 0 Å². The maximum absolute atomic E-state index is 5.25.